The molecule has 3 rings (SSSR count). The Morgan fingerprint density at radius 3 is 2.17 bits per heavy atom. The van der Waals surface area contributed by atoms with Gasteiger partial charge >= 0.3 is 0 Å². The van der Waals surface area contributed by atoms with Crippen LogP contribution in [0, 0.1) is 0 Å². The number of pyridine rings is 1. The van der Waals surface area contributed by atoms with Crippen molar-refractivity contribution in [2.75, 3.05) is 4.72 Å². The van der Waals surface area contributed by atoms with Crippen molar-refractivity contribution in [1.82, 2.24) is 10.3 Å². The molecular formula is C22H23N3O3S. The fraction of sp³-hybridized carbons (Fsp3) is 0.182. The number of benzene rings is 2. The van der Waals surface area contributed by atoms with Gasteiger partial charge in [0.25, 0.3) is 15.9 Å². The normalized spacial score (nSPS) is 12.2. The van der Waals surface area contributed by atoms with Gasteiger partial charge in [-0.25, -0.2) is 8.42 Å². The summed E-state index contributed by atoms with van der Waals surface area (Å²) in [6, 6.07) is 16.9. The molecule has 1 atom stereocenters. The number of rotatable bonds is 7. The van der Waals surface area contributed by atoms with E-state index in [1.807, 2.05) is 31.2 Å². The highest BCUT2D eigenvalue weighted by Gasteiger charge is 2.16. The number of carbonyl (C=O) groups is 1. The van der Waals surface area contributed by atoms with Crippen LogP contribution in [0.1, 0.15) is 41.4 Å². The average Bonchev–Trinajstić information content (AvgIpc) is 2.74. The van der Waals surface area contributed by atoms with Crippen molar-refractivity contribution in [3.05, 3.63) is 89.7 Å². The van der Waals surface area contributed by atoms with E-state index in [9.17, 15) is 13.2 Å². The number of aryl methyl sites for hydroxylation is 1. The molecule has 0 saturated heterocycles. The highest BCUT2D eigenvalue weighted by molar-refractivity contribution is 7.92. The summed E-state index contributed by atoms with van der Waals surface area (Å²) in [7, 11) is -3.74. The zero-order valence-corrected chi connectivity index (χ0v) is 17.1. The summed E-state index contributed by atoms with van der Waals surface area (Å²) >= 11 is 0. The summed E-state index contributed by atoms with van der Waals surface area (Å²) in [6.45, 7) is 4.01. The van der Waals surface area contributed by atoms with Crippen molar-refractivity contribution in [3.8, 4) is 0 Å². The van der Waals surface area contributed by atoms with Crippen molar-refractivity contribution < 1.29 is 13.2 Å². The predicted molar refractivity (Wildman–Crippen MR) is 113 cm³/mol. The van der Waals surface area contributed by atoms with Crippen LogP contribution in [0.4, 0.5) is 5.69 Å². The van der Waals surface area contributed by atoms with Crippen LogP contribution < -0.4 is 10.0 Å². The molecule has 2 N–H and O–H groups in total. The number of hydrogen-bond donors (Lipinski definition) is 2. The monoisotopic (exact) mass is 409 g/mol. The molecule has 1 aromatic heterocycles. The van der Waals surface area contributed by atoms with E-state index in [-0.39, 0.29) is 16.8 Å². The standard InChI is InChI=1S/C22H23N3O3S/c1-3-17-4-6-18(7-5-17)16(2)24-22(26)19-8-10-21(11-9-19)29(27,28)25-20-12-14-23-15-13-20/h4-16H,3H2,1-2H3,(H,23,25)(H,24,26)/t16-/m1/s1. The largest absolute Gasteiger partial charge is 0.346 e. The lowest BCUT2D eigenvalue weighted by atomic mass is 10.0. The van der Waals surface area contributed by atoms with E-state index in [2.05, 4.69) is 21.9 Å². The molecule has 7 heteroatoms. The predicted octanol–water partition coefficient (Wildman–Crippen LogP) is 3.94. The third-order valence-corrected chi connectivity index (χ3v) is 5.99. The Kier molecular flexibility index (Phi) is 6.29. The Morgan fingerprint density at radius 2 is 1.59 bits per heavy atom. The second-order valence-corrected chi connectivity index (χ2v) is 8.34. The molecule has 0 saturated carbocycles. The minimum Gasteiger partial charge on any atom is -0.346 e. The molecule has 150 valence electrons. The summed E-state index contributed by atoms with van der Waals surface area (Å²) in [4.78, 5) is 16.5. The molecule has 0 aliphatic rings. The van der Waals surface area contributed by atoms with Crippen LogP contribution in [0.25, 0.3) is 0 Å². The van der Waals surface area contributed by atoms with Crippen molar-refractivity contribution in [1.29, 1.82) is 0 Å². The number of nitrogens with one attached hydrogen (secondary N) is 2. The van der Waals surface area contributed by atoms with Gasteiger partial charge in [0.05, 0.1) is 16.6 Å². The van der Waals surface area contributed by atoms with Crippen LogP contribution >= 0.6 is 0 Å². The first-order valence-corrected chi connectivity index (χ1v) is 10.8. The molecule has 0 bridgehead atoms. The summed E-state index contributed by atoms with van der Waals surface area (Å²) in [6.07, 6.45) is 3.97. The van der Waals surface area contributed by atoms with Gasteiger partial charge < -0.3 is 5.32 Å². The van der Waals surface area contributed by atoms with E-state index in [1.165, 1.54) is 42.2 Å². The molecule has 0 aliphatic heterocycles. The maximum Gasteiger partial charge on any atom is 0.261 e. The van der Waals surface area contributed by atoms with Gasteiger partial charge in [-0.1, -0.05) is 31.2 Å². The molecule has 29 heavy (non-hydrogen) atoms. The number of hydrogen-bond acceptors (Lipinski definition) is 4. The quantitative estimate of drug-likeness (QED) is 0.619. The lowest BCUT2D eigenvalue weighted by molar-refractivity contribution is 0.0940. The summed E-state index contributed by atoms with van der Waals surface area (Å²) < 4.78 is 27.4. The third-order valence-electron chi connectivity index (χ3n) is 4.59. The van der Waals surface area contributed by atoms with Gasteiger partial charge in [0.15, 0.2) is 0 Å². The molecule has 0 radical (unpaired) electrons. The van der Waals surface area contributed by atoms with Crippen LogP contribution in [-0.4, -0.2) is 19.3 Å². The van der Waals surface area contributed by atoms with E-state index in [0.717, 1.165) is 12.0 Å². The van der Waals surface area contributed by atoms with E-state index in [4.69, 9.17) is 0 Å². The number of aromatic nitrogens is 1. The lowest BCUT2D eigenvalue weighted by Gasteiger charge is -2.15. The van der Waals surface area contributed by atoms with Gasteiger partial charge in [0, 0.05) is 18.0 Å². The maximum atomic E-state index is 12.5. The van der Waals surface area contributed by atoms with Gasteiger partial charge in [-0.05, 0) is 60.9 Å². The fourth-order valence-corrected chi connectivity index (χ4v) is 3.88. The van der Waals surface area contributed by atoms with Gasteiger partial charge in [0.2, 0.25) is 0 Å². The van der Waals surface area contributed by atoms with Crippen LogP contribution in [0.5, 0.6) is 0 Å². The van der Waals surface area contributed by atoms with Crippen LogP contribution in [0.2, 0.25) is 0 Å². The highest BCUT2D eigenvalue weighted by atomic mass is 32.2. The van der Waals surface area contributed by atoms with E-state index >= 15 is 0 Å². The van der Waals surface area contributed by atoms with Crippen molar-refractivity contribution in [2.45, 2.75) is 31.2 Å². The van der Waals surface area contributed by atoms with Crippen LogP contribution in [0.3, 0.4) is 0 Å². The molecule has 0 unspecified atom stereocenters. The van der Waals surface area contributed by atoms with Crippen molar-refractivity contribution in [3.63, 3.8) is 0 Å². The van der Waals surface area contributed by atoms with E-state index < -0.39 is 10.0 Å². The van der Waals surface area contributed by atoms with Crippen LogP contribution in [-0.2, 0) is 16.4 Å². The summed E-state index contributed by atoms with van der Waals surface area (Å²) in [5.74, 6) is -0.261. The number of anilines is 1. The van der Waals surface area contributed by atoms with Crippen molar-refractivity contribution >= 4 is 21.6 Å². The molecule has 3 aromatic rings. The molecule has 0 spiro atoms. The summed E-state index contributed by atoms with van der Waals surface area (Å²) in [5, 5.41) is 2.94. The zero-order chi connectivity index (χ0) is 20.9. The smallest absolute Gasteiger partial charge is 0.261 e. The molecule has 2 aromatic carbocycles. The van der Waals surface area contributed by atoms with Crippen LogP contribution in [0.15, 0.2) is 78.0 Å². The summed E-state index contributed by atoms with van der Waals surface area (Å²) in [5.41, 5.74) is 3.07. The Hall–Kier alpha value is -3.19. The number of carbonyl (C=O) groups excluding carboxylic acids is 1. The van der Waals surface area contributed by atoms with Gasteiger partial charge in [-0.15, -0.1) is 0 Å². The van der Waals surface area contributed by atoms with E-state index in [0.29, 0.717) is 11.3 Å². The molecule has 6 nitrogen and oxygen atoms in total. The average molecular weight is 410 g/mol. The first kappa shape index (κ1) is 20.5. The second kappa shape index (κ2) is 8.87. The SMILES string of the molecule is CCc1ccc([C@@H](C)NC(=O)c2ccc(S(=O)(=O)Nc3ccncc3)cc2)cc1. The maximum absolute atomic E-state index is 12.5. The first-order valence-electron chi connectivity index (χ1n) is 9.31. The fourth-order valence-electron chi connectivity index (χ4n) is 2.82. The van der Waals surface area contributed by atoms with Gasteiger partial charge in [0.1, 0.15) is 0 Å². The van der Waals surface area contributed by atoms with Gasteiger partial charge in [-0.2, -0.15) is 0 Å². The first-order chi connectivity index (χ1) is 13.9. The van der Waals surface area contributed by atoms with Crippen molar-refractivity contribution in [2.24, 2.45) is 0 Å². The lowest BCUT2D eigenvalue weighted by Crippen LogP contribution is -2.26. The minimum atomic E-state index is -3.74. The Morgan fingerprint density at radius 1 is 0.966 bits per heavy atom. The zero-order valence-electron chi connectivity index (χ0n) is 16.3. The molecule has 1 amide bonds. The number of nitrogens with zero attached hydrogens (tertiary/aromatic N) is 1. The second-order valence-electron chi connectivity index (χ2n) is 6.66. The van der Waals surface area contributed by atoms with Gasteiger partial charge in [-0.3, -0.25) is 14.5 Å². The molecule has 1 heterocycles. The topological polar surface area (TPSA) is 88.2 Å². The molecule has 0 aliphatic carbocycles. The Balaban J connectivity index is 1.67. The molecule has 0 fully saturated rings. The third kappa shape index (κ3) is 5.20. The minimum absolute atomic E-state index is 0.0778. The molecular weight excluding hydrogens is 386 g/mol. The highest BCUT2D eigenvalue weighted by Crippen LogP contribution is 2.18. The Bertz CT molecular complexity index is 1060. The number of amides is 1. The number of sulfonamides is 1. The Labute approximate surface area is 171 Å². The van der Waals surface area contributed by atoms with E-state index in [1.54, 1.807) is 12.1 Å².